The minimum absolute atomic E-state index is 0.0646. The summed E-state index contributed by atoms with van der Waals surface area (Å²) in [5.41, 5.74) is 1.67. The lowest BCUT2D eigenvalue weighted by molar-refractivity contribution is -0.118. The monoisotopic (exact) mass is 403 g/mol. The molecule has 0 aliphatic carbocycles. The highest BCUT2D eigenvalue weighted by Crippen LogP contribution is 2.16. The first-order valence-corrected chi connectivity index (χ1v) is 9.56. The van der Waals surface area contributed by atoms with E-state index in [-0.39, 0.29) is 12.5 Å². The first kappa shape index (κ1) is 19.6. The van der Waals surface area contributed by atoms with Crippen molar-refractivity contribution in [2.45, 2.75) is 0 Å². The average molecular weight is 404 g/mol. The van der Waals surface area contributed by atoms with E-state index in [2.05, 4.69) is 22.2 Å². The van der Waals surface area contributed by atoms with E-state index in [0.29, 0.717) is 16.5 Å². The summed E-state index contributed by atoms with van der Waals surface area (Å²) in [5, 5.41) is 3.39. The SMILES string of the molecule is CN1CCN(C(=S)c2ccc(OCC(=O)Nc3ccc(Cl)cc3)cc2)CC1. The Hall–Kier alpha value is -2.15. The Morgan fingerprint density at radius 1 is 1.07 bits per heavy atom. The molecule has 7 heteroatoms. The van der Waals surface area contributed by atoms with Gasteiger partial charge in [0.15, 0.2) is 6.61 Å². The number of nitrogens with one attached hydrogen (secondary N) is 1. The van der Waals surface area contributed by atoms with E-state index in [0.717, 1.165) is 36.7 Å². The van der Waals surface area contributed by atoms with Crippen molar-refractivity contribution in [3.05, 3.63) is 59.1 Å². The van der Waals surface area contributed by atoms with Crippen molar-refractivity contribution >= 4 is 40.4 Å². The zero-order valence-electron chi connectivity index (χ0n) is 15.2. The van der Waals surface area contributed by atoms with Gasteiger partial charge in [0.1, 0.15) is 10.7 Å². The second kappa shape index (κ2) is 9.17. The van der Waals surface area contributed by atoms with Crippen molar-refractivity contribution in [2.24, 2.45) is 0 Å². The van der Waals surface area contributed by atoms with Crippen molar-refractivity contribution in [2.75, 3.05) is 45.2 Å². The number of carbonyl (C=O) groups is 1. The summed E-state index contributed by atoms with van der Waals surface area (Å²) in [4.78, 5) is 17.4. The molecule has 0 atom stereocenters. The Morgan fingerprint density at radius 2 is 1.70 bits per heavy atom. The third kappa shape index (κ3) is 5.66. The summed E-state index contributed by atoms with van der Waals surface area (Å²) in [5.74, 6) is 0.403. The molecule has 2 aromatic carbocycles. The number of ether oxygens (including phenoxy) is 1. The smallest absolute Gasteiger partial charge is 0.262 e. The number of rotatable bonds is 5. The van der Waals surface area contributed by atoms with Crippen LogP contribution in [0.3, 0.4) is 0 Å². The molecule has 1 fully saturated rings. The van der Waals surface area contributed by atoms with Crippen LogP contribution in [-0.4, -0.2) is 60.5 Å². The van der Waals surface area contributed by atoms with Crippen molar-refractivity contribution < 1.29 is 9.53 Å². The molecule has 0 bridgehead atoms. The van der Waals surface area contributed by atoms with Crippen LogP contribution in [0, 0.1) is 0 Å². The molecular weight excluding hydrogens is 382 g/mol. The lowest BCUT2D eigenvalue weighted by Gasteiger charge is -2.34. The van der Waals surface area contributed by atoms with Crippen LogP contribution < -0.4 is 10.1 Å². The van der Waals surface area contributed by atoms with E-state index >= 15 is 0 Å². The Morgan fingerprint density at radius 3 is 2.33 bits per heavy atom. The van der Waals surface area contributed by atoms with Crippen LogP contribution in [0.25, 0.3) is 0 Å². The molecule has 1 N–H and O–H groups in total. The maximum Gasteiger partial charge on any atom is 0.262 e. The number of hydrogen-bond acceptors (Lipinski definition) is 4. The topological polar surface area (TPSA) is 44.8 Å². The van der Waals surface area contributed by atoms with E-state index < -0.39 is 0 Å². The molecule has 0 saturated carbocycles. The Balaban J connectivity index is 1.49. The van der Waals surface area contributed by atoms with E-state index in [1.54, 1.807) is 24.3 Å². The molecule has 142 valence electrons. The van der Waals surface area contributed by atoms with Gasteiger partial charge in [-0.05, 0) is 55.6 Å². The third-order valence-corrected chi connectivity index (χ3v) is 5.14. The van der Waals surface area contributed by atoms with Gasteiger partial charge in [-0.1, -0.05) is 23.8 Å². The predicted molar refractivity (Wildman–Crippen MR) is 113 cm³/mol. The summed E-state index contributed by atoms with van der Waals surface area (Å²) in [6.07, 6.45) is 0. The minimum atomic E-state index is -0.227. The maximum atomic E-state index is 12.0. The second-order valence-electron chi connectivity index (χ2n) is 6.46. The standard InChI is InChI=1S/C20H22ClN3O2S/c1-23-10-12-24(13-11-23)20(27)15-2-8-18(9-3-15)26-14-19(25)22-17-6-4-16(21)5-7-17/h2-9H,10-14H2,1H3,(H,22,25). The van der Waals surface area contributed by atoms with Crippen LogP contribution in [0.5, 0.6) is 5.75 Å². The lowest BCUT2D eigenvalue weighted by atomic mass is 10.2. The van der Waals surface area contributed by atoms with Gasteiger partial charge in [-0.25, -0.2) is 0 Å². The van der Waals surface area contributed by atoms with Crippen LogP contribution in [0.2, 0.25) is 5.02 Å². The zero-order valence-corrected chi connectivity index (χ0v) is 16.7. The van der Waals surface area contributed by atoms with Gasteiger partial charge in [-0.3, -0.25) is 4.79 Å². The summed E-state index contributed by atoms with van der Waals surface area (Å²) < 4.78 is 5.56. The van der Waals surface area contributed by atoms with Crippen LogP contribution in [-0.2, 0) is 4.79 Å². The third-order valence-electron chi connectivity index (χ3n) is 4.39. The fourth-order valence-corrected chi connectivity index (χ4v) is 3.21. The fraction of sp³-hybridized carbons (Fsp3) is 0.300. The molecule has 2 aromatic rings. The summed E-state index contributed by atoms with van der Waals surface area (Å²) in [7, 11) is 2.12. The predicted octanol–water partition coefficient (Wildman–Crippen LogP) is 3.28. The van der Waals surface area contributed by atoms with Crippen LogP contribution in [0.1, 0.15) is 5.56 Å². The second-order valence-corrected chi connectivity index (χ2v) is 7.29. The van der Waals surface area contributed by atoms with Crippen molar-refractivity contribution in [3.63, 3.8) is 0 Å². The van der Waals surface area contributed by atoms with Crippen LogP contribution >= 0.6 is 23.8 Å². The van der Waals surface area contributed by atoms with E-state index in [1.807, 2.05) is 24.3 Å². The Labute approximate surface area is 169 Å². The molecule has 1 aliphatic rings. The van der Waals surface area contributed by atoms with Gasteiger partial charge >= 0.3 is 0 Å². The highest BCUT2D eigenvalue weighted by molar-refractivity contribution is 7.80. The number of likely N-dealkylation sites (N-methyl/N-ethyl adjacent to an activating group) is 1. The molecule has 0 spiro atoms. The van der Waals surface area contributed by atoms with Gasteiger partial charge in [0.05, 0.1) is 0 Å². The average Bonchev–Trinajstić information content (AvgIpc) is 2.69. The number of thiocarbonyl (C=S) groups is 1. The zero-order chi connectivity index (χ0) is 19.2. The number of amides is 1. The van der Waals surface area contributed by atoms with Gasteiger partial charge in [-0.15, -0.1) is 0 Å². The van der Waals surface area contributed by atoms with E-state index in [4.69, 9.17) is 28.6 Å². The number of anilines is 1. The normalized spacial score (nSPS) is 14.7. The molecule has 1 amide bonds. The van der Waals surface area contributed by atoms with Crippen molar-refractivity contribution in [3.8, 4) is 5.75 Å². The van der Waals surface area contributed by atoms with E-state index in [9.17, 15) is 4.79 Å². The minimum Gasteiger partial charge on any atom is -0.484 e. The van der Waals surface area contributed by atoms with Gasteiger partial charge in [0.2, 0.25) is 0 Å². The molecule has 0 aromatic heterocycles. The number of hydrogen-bond donors (Lipinski definition) is 1. The number of nitrogens with zero attached hydrogens (tertiary/aromatic N) is 2. The molecule has 1 saturated heterocycles. The molecule has 5 nitrogen and oxygen atoms in total. The van der Waals surface area contributed by atoms with Crippen LogP contribution in [0.15, 0.2) is 48.5 Å². The number of carbonyl (C=O) groups excluding carboxylic acids is 1. The molecule has 3 rings (SSSR count). The van der Waals surface area contributed by atoms with Gasteiger partial charge in [-0.2, -0.15) is 0 Å². The molecule has 0 radical (unpaired) electrons. The fourth-order valence-electron chi connectivity index (χ4n) is 2.77. The van der Waals surface area contributed by atoms with E-state index in [1.165, 1.54) is 0 Å². The molecule has 1 aliphatic heterocycles. The highest BCUT2D eigenvalue weighted by Gasteiger charge is 2.17. The Kier molecular flexibility index (Phi) is 6.66. The largest absolute Gasteiger partial charge is 0.484 e. The summed E-state index contributed by atoms with van der Waals surface area (Å²) in [6, 6.07) is 14.5. The molecule has 0 unspecified atom stereocenters. The number of benzene rings is 2. The quantitative estimate of drug-likeness (QED) is 0.776. The Bertz CT molecular complexity index is 788. The maximum absolute atomic E-state index is 12.0. The first-order valence-electron chi connectivity index (χ1n) is 8.77. The van der Waals surface area contributed by atoms with Gasteiger partial charge < -0.3 is 19.9 Å². The number of halogens is 1. The molecular formula is C20H22ClN3O2S. The summed E-state index contributed by atoms with van der Waals surface area (Å²) in [6.45, 7) is 3.86. The van der Waals surface area contributed by atoms with Crippen molar-refractivity contribution in [1.29, 1.82) is 0 Å². The lowest BCUT2D eigenvalue weighted by Crippen LogP contribution is -2.46. The number of piperazine rings is 1. The van der Waals surface area contributed by atoms with Gasteiger partial charge in [0.25, 0.3) is 5.91 Å². The van der Waals surface area contributed by atoms with Crippen LogP contribution in [0.4, 0.5) is 5.69 Å². The van der Waals surface area contributed by atoms with Gasteiger partial charge in [0, 0.05) is 42.5 Å². The first-order chi connectivity index (χ1) is 13.0. The molecule has 1 heterocycles. The van der Waals surface area contributed by atoms with Crippen molar-refractivity contribution in [1.82, 2.24) is 9.80 Å². The summed E-state index contributed by atoms with van der Waals surface area (Å²) >= 11 is 11.4. The molecule has 27 heavy (non-hydrogen) atoms. The highest BCUT2D eigenvalue weighted by atomic mass is 35.5.